The van der Waals surface area contributed by atoms with Crippen LogP contribution in [0, 0.1) is 0 Å². The molecule has 5 heteroatoms. The van der Waals surface area contributed by atoms with Crippen LogP contribution in [0.4, 0.5) is 0 Å². The standard InChI is InChI=1S/C14H28N4O/c1-15-6-8-16(9-7-15)14-2-4-17(5-3-14)18-10-12-19-13-11-18/h14H,2-13H2,1H3. The fourth-order valence-corrected chi connectivity index (χ4v) is 3.52. The summed E-state index contributed by atoms with van der Waals surface area (Å²) < 4.78 is 5.44. The number of piperidine rings is 1. The normalized spacial score (nSPS) is 30.8. The summed E-state index contributed by atoms with van der Waals surface area (Å²) in [6.45, 7) is 11.4. The van der Waals surface area contributed by atoms with Gasteiger partial charge in [-0.1, -0.05) is 0 Å². The topological polar surface area (TPSA) is 22.2 Å². The molecule has 3 aliphatic rings. The first-order valence-corrected chi connectivity index (χ1v) is 7.83. The molecule has 0 aliphatic carbocycles. The Balaban J connectivity index is 1.44. The number of hydrazine groups is 1. The van der Waals surface area contributed by atoms with Gasteiger partial charge in [0.25, 0.3) is 0 Å². The summed E-state index contributed by atoms with van der Waals surface area (Å²) in [5, 5.41) is 5.07. The third kappa shape index (κ3) is 3.47. The molecule has 3 saturated heterocycles. The van der Waals surface area contributed by atoms with Crippen molar-refractivity contribution in [3.8, 4) is 0 Å². The van der Waals surface area contributed by atoms with Crippen LogP contribution in [0.1, 0.15) is 12.8 Å². The van der Waals surface area contributed by atoms with Gasteiger partial charge in [0.15, 0.2) is 0 Å². The number of nitrogens with zero attached hydrogens (tertiary/aromatic N) is 4. The Hall–Kier alpha value is -0.200. The van der Waals surface area contributed by atoms with Gasteiger partial charge >= 0.3 is 0 Å². The predicted octanol–water partition coefficient (Wildman–Crippen LogP) is -0.0546. The minimum atomic E-state index is 0.825. The van der Waals surface area contributed by atoms with Crippen LogP contribution in [0.25, 0.3) is 0 Å². The lowest BCUT2D eigenvalue weighted by Gasteiger charge is -2.45. The van der Waals surface area contributed by atoms with Crippen molar-refractivity contribution in [1.29, 1.82) is 0 Å². The van der Waals surface area contributed by atoms with Gasteiger partial charge in [-0.25, -0.2) is 10.0 Å². The molecule has 0 unspecified atom stereocenters. The molecule has 0 amide bonds. The lowest BCUT2D eigenvalue weighted by atomic mass is 10.0. The van der Waals surface area contributed by atoms with Gasteiger partial charge in [-0.2, -0.15) is 0 Å². The second-order valence-electron chi connectivity index (χ2n) is 6.09. The second-order valence-corrected chi connectivity index (χ2v) is 6.09. The summed E-state index contributed by atoms with van der Waals surface area (Å²) in [6, 6.07) is 0.825. The molecule has 3 heterocycles. The molecular formula is C14H28N4O. The molecule has 0 atom stereocenters. The molecular weight excluding hydrogens is 240 g/mol. The monoisotopic (exact) mass is 268 g/mol. The maximum atomic E-state index is 5.44. The van der Waals surface area contributed by atoms with E-state index in [-0.39, 0.29) is 0 Å². The summed E-state index contributed by atoms with van der Waals surface area (Å²) in [5.41, 5.74) is 0. The van der Waals surface area contributed by atoms with Gasteiger partial charge in [-0.05, 0) is 19.9 Å². The van der Waals surface area contributed by atoms with Crippen LogP contribution in [0.5, 0.6) is 0 Å². The predicted molar refractivity (Wildman–Crippen MR) is 76.1 cm³/mol. The number of morpholine rings is 1. The zero-order valence-electron chi connectivity index (χ0n) is 12.3. The Kier molecular flexibility index (Phi) is 4.71. The van der Waals surface area contributed by atoms with Crippen molar-refractivity contribution in [2.45, 2.75) is 18.9 Å². The molecule has 3 aliphatic heterocycles. The zero-order valence-corrected chi connectivity index (χ0v) is 12.3. The van der Waals surface area contributed by atoms with Gasteiger partial charge in [0.2, 0.25) is 0 Å². The highest BCUT2D eigenvalue weighted by Crippen LogP contribution is 2.19. The van der Waals surface area contributed by atoms with Gasteiger partial charge in [-0.15, -0.1) is 0 Å². The Bertz CT molecular complexity index is 267. The molecule has 0 radical (unpaired) electrons. The van der Waals surface area contributed by atoms with Crippen LogP contribution in [0.3, 0.4) is 0 Å². The Labute approximate surface area is 117 Å². The number of rotatable bonds is 2. The molecule has 3 rings (SSSR count). The largest absolute Gasteiger partial charge is 0.379 e. The van der Waals surface area contributed by atoms with E-state index in [9.17, 15) is 0 Å². The van der Waals surface area contributed by atoms with E-state index in [1.807, 2.05) is 0 Å². The Morgan fingerprint density at radius 3 is 1.95 bits per heavy atom. The average Bonchev–Trinajstić information content (AvgIpc) is 2.49. The summed E-state index contributed by atoms with van der Waals surface area (Å²) in [7, 11) is 2.23. The Morgan fingerprint density at radius 1 is 0.737 bits per heavy atom. The van der Waals surface area contributed by atoms with E-state index in [1.54, 1.807) is 0 Å². The van der Waals surface area contributed by atoms with Gasteiger partial charge in [0, 0.05) is 58.4 Å². The van der Waals surface area contributed by atoms with Crippen LogP contribution in [0.2, 0.25) is 0 Å². The highest BCUT2D eigenvalue weighted by atomic mass is 16.5. The molecule has 0 bridgehead atoms. The van der Waals surface area contributed by atoms with Crippen molar-refractivity contribution in [3.05, 3.63) is 0 Å². The molecule has 0 N–H and O–H groups in total. The molecule has 0 saturated carbocycles. The molecule has 19 heavy (non-hydrogen) atoms. The van der Waals surface area contributed by atoms with Crippen molar-refractivity contribution in [3.63, 3.8) is 0 Å². The first-order chi connectivity index (χ1) is 9.33. The van der Waals surface area contributed by atoms with Crippen molar-refractivity contribution in [2.24, 2.45) is 0 Å². The van der Waals surface area contributed by atoms with Crippen LogP contribution in [0.15, 0.2) is 0 Å². The van der Waals surface area contributed by atoms with E-state index in [4.69, 9.17) is 4.74 Å². The SMILES string of the molecule is CN1CCN(C2CCN(N3CCOCC3)CC2)CC1. The maximum Gasteiger partial charge on any atom is 0.0608 e. The second kappa shape index (κ2) is 6.50. The van der Waals surface area contributed by atoms with E-state index in [0.717, 1.165) is 32.3 Å². The van der Waals surface area contributed by atoms with Crippen LogP contribution < -0.4 is 0 Å². The van der Waals surface area contributed by atoms with Crippen molar-refractivity contribution in [1.82, 2.24) is 19.8 Å². The van der Waals surface area contributed by atoms with Crippen LogP contribution in [-0.2, 0) is 4.74 Å². The van der Waals surface area contributed by atoms with Crippen LogP contribution in [-0.4, -0.2) is 98.5 Å². The van der Waals surface area contributed by atoms with Gasteiger partial charge < -0.3 is 9.64 Å². The van der Waals surface area contributed by atoms with E-state index in [0.29, 0.717) is 0 Å². The number of hydrogen-bond donors (Lipinski definition) is 0. The minimum Gasteiger partial charge on any atom is -0.379 e. The van der Waals surface area contributed by atoms with Crippen LogP contribution >= 0.6 is 0 Å². The molecule has 5 nitrogen and oxygen atoms in total. The van der Waals surface area contributed by atoms with Crippen molar-refractivity contribution in [2.75, 3.05) is 72.6 Å². The lowest BCUT2D eigenvalue weighted by Crippen LogP contribution is -2.56. The minimum absolute atomic E-state index is 0.825. The molecule has 110 valence electrons. The van der Waals surface area contributed by atoms with E-state index in [1.165, 1.54) is 52.1 Å². The molecule has 0 spiro atoms. The third-order valence-electron chi connectivity index (χ3n) is 4.88. The molecule has 0 aromatic carbocycles. The zero-order chi connectivity index (χ0) is 13.1. The Morgan fingerprint density at radius 2 is 1.32 bits per heavy atom. The fourth-order valence-electron chi connectivity index (χ4n) is 3.52. The van der Waals surface area contributed by atoms with E-state index >= 15 is 0 Å². The summed E-state index contributed by atoms with van der Waals surface area (Å²) >= 11 is 0. The average molecular weight is 268 g/mol. The lowest BCUT2D eigenvalue weighted by molar-refractivity contribution is -0.107. The number of hydrogen-bond acceptors (Lipinski definition) is 5. The van der Waals surface area contributed by atoms with E-state index in [2.05, 4.69) is 26.9 Å². The first kappa shape index (κ1) is 13.8. The first-order valence-electron chi connectivity index (χ1n) is 7.83. The molecule has 3 fully saturated rings. The van der Waals surface area contributed by atoms with E-state index < -0.39 is 0 Å². The molecule has 0 aromatic heterocycles. The summed E-state index contributed by atoms with van der Waals surface area (Å²) in [5.74, 6) is 0. The fraction of sp³-hybridized carbons (Fsp3) is 1.00. The summed E-state index contributed by atoms with van der Waals surface area (Å²) in [4.78, 5) is 5.16. The number of ether oxygens (including phenoxy) is 1. The quantitative estimate of drug-likeness (QED) is 0.698. The third-order valence-corrected chi connectivity index (χ3v) is 4.88. The van der Waals surface area contributed by atoms with Gasteiger partial charge in [0.05, 0.1) is 13.2 Å². The number of likely N-dealkylation sites (N-methyl/N-ethyl adjacent to an activating group) is 1. The van der Waals surface area contributed by atoms with Crippen molar-refractivity contribution >= 4 is 0 Å². The number of piperazine rings is 1. The smallest absolute Gasteiger partial charge is 0.0608 e. The van der Waals surface area contributed by atoms with Crippen molar-refractivity contribution < 1.29 is 4.74 Å². The van der Waals surface area contributed by atoms with Gasteiger partial charge in [0.1, 0.15) is 0 Å². The highest BCUT2D eigenvalue weighted by molar-refractivity contribution is 4.82. The molecule has 0 aromatic rings. The maximum absolute atomic E-state index is 5.44. The summed E-state index contributed by atoms with van der Waals surface area (Å²) in [6.07, 6.45) is 2.67. The highest BCUT2D eigenvalue weighted by Gasteiger charge is 2.29. The van der Waals surface area contributed by atoms with Gasteiger partial charge in [-0.3, -0.25) is 4.90 Å².